The van der Waals surface area contributed by atoms with Crippen molar-refractivity contribution in [3.63, 3.8) is 0 Å². The number of ether oxygens (including phenoxy) is 2. The minimum atomic E-state index is -0.474. The molecule has 0 saturated heterocycles. The van der Waals surface area contributed by atoms with Gasteiger partial charge in [0.15, 0.2) is 17.6 Å². The van der Waals surface area contributed by atoms with Gasteiger partial charge in [0.2, 0.25) is 0 Å². The third-order valence-corrected chi connectivity index (χ3v) is 4.85. The molecule has 0 fully saturated rings. The minimum absolute atomic E-state index is 0.236. The summed E-state index contributed by atoms with van der Waals surface area (Å²) in [7, 11) is 1.78. The summed E-state index contributed by atoms with van der Waals surface area (Å²) in [6.45, 7) is 2.37. The van der Waals surface area contributed by atoms with Crippen LogP contribution in [-0.2, 0) is 7.05 Å². The topological polar surface area (TPSA) is 86.5 Å². The molecule has 8 nitrogen and oxygen atoms in total. The molecule has 4 rings (SSSR count). The van der Waals surface area contributed by atoms with Crippen LogP contribution in [0.4, 0.5) is 10.5 Å². The Bertz CT molecular complexity index is 1090. The minimum Gasteiger partial charge on any atom is -0.486 e. The summed E-state index contributed by atoms with van der Waals surface area (Å²) in [6, 6.07) is 16.2. The number of urea groups is 1. The molecule has 2 N–H and O–H groups in total. The molecule has 8 heteroatoms. The van der Waals surface area contributed by atoms with E-state index in [-0.39, 0.29) is 23.9 Å². The molecule has 29 heavy (non-hydrogen) atoms. The number of rotatable bonds is 4. The highest BCUT2D eigenvalue weighted by Crippen LogP contribution is 2.30. The summed E-state index contributed by atoms with van der Waals surface area (Å²) in [5.41, 5.74) is 1.32. The Morgan fingerprint density at radius 1 is 1.10 bits per heavy atom. The Labute approximate surface area is 167 Å². The maximum absolute atomic E-state index is 12.8. The predicted octanol–water partition coefficient (Wildman–Crippen LogP) is 2.45. The van der Waals surface area contributed by atoms with Gasteiger partial charge in [0, 0.05) is 7.05 Å². The van der Waals surface area contributed by atoms with Crippen LogP contribution in [-0.4, -0.2) is 34.7 Å². The van der Waals surface area contributed by atoms with E-state index in [1.165, 1.54) is 4.68 Å². The van der Waals surface area contributed by atoms with Gasteiger partial charge < -0.3 is 20.1 Å². The van der Waals surface area contributed by atoms with Crippen LogP contribution < -0.4 is 25.7 Å². The van der Waals surface area contributed by atoms with Gasteiger partial charge in [-0.1, -0.05) is 30.3 Å². The maximum Gasteiger partial charge on any atom is 0.319 e. The van der Waals surface area contributed by atoms with Crippen molar-refractivity contribution in [1.82, 2.24) is 14.7 Å². The summed E-state index contributed by atoms with van der Waals surface area (Å²) in [6.07, 6.45) is -0.312. The van der Waals surface area contributed by atoms with E-state index < -0.39 is 6.03 Å². The molecular formula is C21H22N4O4. The largest absolute Gasteiger partial charge is 0.486 e. The van der Waals surface area contributed by atoms with Gasteiger partial charge in [-0.25, -0.2) is 9.48 Å². The number of nitrogens with zero attached hydrogens (tertiary/aromatic N) is 2. The molecule has 2 amide bonds. The average Bonchev–Trinajstić information content (AvgIpc) is 2.96. The van der Waals surface area contributed by atoms with Gasteiger partial charge in [-0.15, -0.1) is 0 Å². The Hall–Kier alpha value is -3.68. The summed E-state index contributed by atoms with van der Waals surface area (Å²) in [5.74, 6) is 1.34. The van der Waals surface area contributed by atoms with E-state index in [1.807, 2.05) is 54.6 Å². The number of carbonyl (C=O) groups is 1. The van der Waals surface area contributed by atoms with E-state index >= 15 is 0 Å². The summed E-state index contributed by atoms with van der Waals surface area (Å²) < 4.78 is 14.7. The van der Waals surface area contributed by atoms with Gasteiger partial charge in [-0.05, 0) is 31.2 Å². The molecule has 0 bridgehead atoms. The zero-order chi connectivity index (χ0) is 20.4. The van der Waals surface area contributed by atoms with Crippen molar-refractivity contribution in [2.75, 3.05) is 18.5 Å². The van der Waals surface area contributed by atoms with Crippen molar-refractivity contribution >= 4 is 11.7 Å². The lowest BCUT2D eigenvalue weighted by atomic mass is 10.2. The van der Waals surface area contributed by atoms with Crippen LogP contribution in [0, 0.1) is 6.92 Å². The third kappa shape index (κ3) is 3.69. The van der Waals surface area contributed by atoms with E-state index in [9.17, 15) is 9.59 Å². The number of anilines is 1. The Balaban J connectivity index is 1.42. The molecule has 0 saturated carbocycles. The highest BCUT2D eigenvalue weighted by molar-refractivity contribution is 5.89. The molecule has 0 aliphatic carbocycles. The zero-order valence-electron chi connectivity index (χ0n) is 16.2. The van der Waals surface area contributed by atoms with E-state index in [4.69, 9.17) is 9.47 Å². The number of carbonyl (C=O) groups excluding carboxylic acids is 1. The Morgan fingerprint density at radius 2 is 1.79 bits per heavy atom. The third-order valence-electron chi connectivity index (χ3n) is 4.85. The maximum atomic E-state index is 12.8. The average molecular weight is 394 g/mol. The highest BCUT2D eigenvalue weighted by atomic mass is 16.6. The number of hydrogen-bond acceptors (Lipinski definition) is 4. The van der Waals surface area contributed by atoms with Gasteiger partial charge in [0.25, 0.3) is 5.56 Å². The molecule has 3 aromatic rings. The van der Waals surface area contributed by atoms with Crippen LogP contribution in [0.5, 0.6) is 11.5 Å². The van der Waals surface area contributed by atoms with Crippen molar-refractivity contribution in [1.29, 1.82) is 0 Å². The molecule has 0 radical (unpaired) electrons. The molecule has 1 aliphatic rings. The van der Waals surface area contributed by atoms with Crippen molar-refractivity contribution < 1.29 is 14.3 Å². The standard InChI is InChI=1S/C21H22N4O4/c1-14-19(20(26)25(24(14)2)15-8-4-3-5-9-15)23-21(27)22-12-16-13-28-17-10-6-7-11-18(17)29-16/h3-11,16H,12-13H2,1-2H3,(H2,22,23,27). The fourth-order valence-corrected chi connectivity index (χ4v) is 3.24. The molecule has 1 aromatic heterocycles. The smallest absolute Gasteiger partial charge is 0.319 e. The number of amides is 2. The SMILES string of the molecule is Cc1c(NC(=O)NCC2COc3ccccc3O2)c(=O)n(-c2ccccc2)n1C. The first kappa shape index (κ1) is 18.7. The lowest BCUT2D eigenvalue weighted by Crippen LogP contribution is -2.42. The van der Waals surface area contributed by atoms with Crippen LogP contribution in [0.15, 0.2) is 59.4 Å². The van der Waals surface area contributed by atoms with Crippen LogP contribution in [0.1, 0.15) is 5.69 Å². The quantitative estimate of drug-likeness (QED) is 0.712. The molecule has 2 heterocycles. The van der Waals surface area contributed by atoms with Crippen molar-refractivity contribution in [2.24, 2.45) is 7.05 Å². The summed E-state index contributed by atoms with van der Waals surface area (Å²) in [5, 5.41) is 5.41. The second-order valence-electron chi connectivity index (χ2n) is 6.77. The van der Waals surface area contributed by atoms with E-state index in [0.29, 0.717) is 23.8 Å². The van der Waals surface area contributed by atoms with Crippen LogP contribution in [0.2, 0.25) is 0 Å². The normalized spacial score (nSPS) is 15.0. The van der Waals surface area contributed by atoms with Gasteiger partial charge >= 0.3 is 6.03 Å². The van der Waals surface area contributed by atoms with E-state index in [0.717, 1.165) is 5.69 Å². The first-order valence-electron chi connectivity index (χ1n) is 9.32. The second-order valence-corrected chi connectivity index (χ2v) is 6.77. The van der Waals surface area contributed by atoms with Crippen LogP contribution in [0.3, 0.4) is 0 Å². The fraction of sp³-hybridized carbons (Fsp3) is 0.238. The molecule has 1 aliphatic heterocycles. The van der Waals surface area contributed by atoms with E-state index in [1.54, 1.807) is 18.7 Å². The number of para-hydroxylation sites is 3. The van der Waals surface area contributed by atoms with Gasteiger partial charge in [0.1, 0.15) is 12.3 Å². The number of hydrogen-bond donors (Lipinski definition) is 2. The fourth-order valence-electron chi connectivity index (χ4n) is 3.24. The number of benzene rings is 2. The zero-order valence-corrected chi connectivity index (χ0v) is 16.2. The Kier molecular flexibility index (Phi) is 4.99. The summed E-state index contributed by atoms with van der Waals surface area (Å²) >= 11 is 0. The lowest BCUT2D eigenvalue weighted by molar-refractivity contribution is 0.0922. The van der Waals surface area contributed by atoms with Gasteiger partial charge in [0.05, 0.1) is 17.9 Å². The predicted molar refractivity (Wildman–Crippen MR) is 109 cm³/mol. The lowest BCUT2D eigenvalue weighted by Gasteiger charge is -2.26. The van der Waals surface area contributed by atoms with Crippen molar-refractivity contribution in [3.8, 4) is 17.2 Å². The molecule has 1 unspecified atom stereocenters. The molecule has 2 aromatic carbocycles. The van der Waals surface area contributed by atoms with Gasteiger partial charge in [-0.2, -0.15) is 0 Å². The van der Waals surface area contributed by atoms with Crippen molar-refractivity contribution in [2.45, 2.75) is 13.0 Å². The van der Waals surface area contributed by atoms with Crippen LogP contribution >= 0.6 is 0 Å². The highest BCUT2D eigenvalue weighted by Gasteiger charge is 2.22. The van der Waals surface area contributed by atoms with Gasteiger partial charge in [-0.3, -0.25) is 9.48 Å². The van der Waals surface area contributed by atoms with Crippen molar-refractivity contribution in [3.05, 3.63) is 70.6 Å². The number of fused-ring (bicyclic) bond motifs is 1. The molecule has 0 spiro atoms. The Morgan fingerprint density at radius 3 is 2.55 bits per heavy atom. The number of aromatic nitrogens is 2. The summed E-state index contributed by atoms with van der Waals surface area (Å²) in [4.78, 5) is 25.2. The monoisotopic (exact) mass is 394 g/mol. The van der Waals surface area contributed by atoms with Crippen LogP contribution in [0.25, 0.3) is 5.69 Å². The number of nitrogens with one attached hydrogen (secondary N) is 2. The second kappa shape index (κ2) is 7.75. The first-order chi connectivity index (χ1) is 14.0. The molecule has 150 valence electrons. The molecule has 1 atom stereocenters. The first-order valence-corrected chi connectivity index (χ1v) is 9.32. The molecular weight excluding hydrogens is 372 g/mol. The van der Waals surface area contributed by atoms with E-state index in [2.05, 4.69) is 10.6 Å².